The topological polar surface area (TPSA) is 69.2 Å². The van der Waals surface area contributed by atoms with E-state index < -0.39 is 0 Å². The molecular weight excluding hydrogens is 374 g/mol. The number of carbonyl (C=O) groups excluding carboxylic acids is 1. The van der Waals surface area contributed by atoms with E-state index in [-0.39, 0.29) is 28.5 Å². The van der Waals surface area contributed by atoms with Crippen LogP contribution in [0.5, 0.6) is 0 Å². The quantitative estimate of drug-likeness (QED) is 0.603. The SMILES string of the molecule is C=C(O)c1ccc2c(c1)[C@]1(C)CCN(C(=O)c3ccc4nc[nH]c4c3)[C@H](C2)C1(C)C. The molecule has 1 fully saturated rings. The van der Waals surface area contributed by atoms with E-state index in [2.05, 4.69) is 54.4 Å². The van der Waals surface area contributed by atoms with E-state index in [0.29, 0.717) is 12.1 Å². The van der Waals surface area contributed by atoms with Gasteiger partial charge in [0.15, 0.2) is 0 Å². The standard InChI is InChI=1S/C25H27N3O2/c1-15(29)16-5-6-17-13-22-24(2,3)25(4,19(17)11-16)9-10-28(22)23(30)18-7-8-20-21(12-18)27-14-26-20/h5-8,11-12,14,22,29H,1,9-10,13H2,2-4H3,(H,26,27)/t22-,25+/m1/s1. The second-order valence-corrected chi connectivity index (χ2v) is 9.48. The van der Waals surface area contributed by atoms with Crippen LogP contribution in [0.4, 0.5) is 0 Å². The van der Waals surface area contributed by atoms with E-state index in [1.54, 1.807) is 6.33 Å². The maximum Gasteiger partial charge on any atom is 0.254 e. The normalized spacial score (nSPS) is 24.5. The van der Waals surface area contributed by atoms with Crippen molar-refractivity contribution in [3.05, 3.63) is 71.6 Å². The van der Waals surface area contributed by atoms with Crippen molar-refractivity contribution in [2.75, 3.05) is 6.54 Å². The number of benzene rings is 2. The average molecular weight is 402 g/mol. The van der Waals surface area contributed by atoms with E-state index in [1.807, 2.05) is 24.3 Å². The van der Waals surface area contributed by atoms with Gasteiger partial charge >= 0.3 is 0 Å². The van der Waals surface area contributed by atoms with Gasteiger partial charge in [-0.05, 0) is 53.6 Å². The highest BCUT2D eigenvalue weighted by Gasteiger charge is 2.56. The summed E-state index contributed by atoms with van der Waals surface area (Å²) >= 11 is 0. The Labute approximate surface area is 176 Å². The second kappa shape index (κ2) is 6.21. The van der Waals surface area contributed by atoms with Crippen LogP contribution in [0.15, 0.2) is 49.3 Å². The molecule has 1 saturated heterocycles. The van der Waals surface area contributed by atoms with E-state index in [1.165, 1.54) is 11.1 Å². The van der Waals surface area contributed by atoms with Crippen LogP contribution in [0, 0.1) is 5.41 Å². The minimum absolute atomic E-state index is 0.0791. The zero-order chi connectivity index (χ0) is 21.3. The molecular formula is C25H27N3O2. The number of likely N-dealkylation sites (tertiary alicyclic amines) is 1. The van der Waals surface area contributed by atoms with Gasteiger partial charge in [-0.15, -0.1) is 0 Å². The number of amides is 1. The van der Waals surface area contributed by atoms with Crippen LogP contribution in [0.1, 0.15) is 54.2 Å². The van der Waals surface area contributed by atoms with E-state index in [4.69, 9.17) is 0 Å². The number of rotatable bonds is 2. The van der Waals surface area contributed by atoms with Crippen molar-refractivity contribution in [2.45, 2.75) is 45.1 Å². The number of imidazole rings is 1. The second-order valence-electron chi connectivity index (χ2n) is 9.48. The Kier molecular flexibility index (Phi) is 3.91. The summed E-state index contributed by atoms with van der Waals surface area (Å²) < 4.78 is 0. The first-order valence-electron chi connectivity index (χ1n) is 10.5. The molecule has 2 aliphatic rings. The van der Waals surface area contributed by atoms with Crippen molar-refractivity contribution in [2.24, 2.45) is 5.41 Å². The molecule has 2 N–H and O–H groups in total. The number of carbonyl (C=O) groups is 1. The van der Waals surface area contributed by atoms with Gasteiger partial charge in [0.25, 0.3) is 5.91 Å². The third-order valence-corrected chi connectivity index (χ3v) is 7.86. The van der Waals surface area contributed by atoms with Gasteiger partial charge in [0.1, 0.15) is 5.76 Å². The molecule has 2 heterocycles. The third kappa shape index (κ3) is 2.47. The molecule has 0 unspecified atom stereocenters. The summed E-state index contributed by atoms with van der Waals surface area (Å²) in [5.74, 6) is 0.179. The predicted octanol–water partition coefficient (Wildman–Crippen LogP) is 4.85. The maximum absolute atomic E-state index is 13.6. The van der Waals surface area contributed by atoms with Crippen molar-refractivity contribution < 1.29 is 9.90 Å². The molecule has 5 rings (SSSR count). The summed E-state index contributed by atoms with van der Waals surface area (Å²) in [6.07, 6.45) is 3.35. The number of aliphatic hydroxyl groups excluding tert-OH is 1. The molecule has 3 aromatic rings. The minimum Gasteiger partial charge on any atom is -0.508 e. The monoisotopic (exact) mass is 401 g/mol. The van der Waals surface area contributed by atoms with Crippen molar-refractivity contribution >= 4 is 22.7 Å². The molecule has 5 nitrogen and oxygen atoms in total. The maximum atomic E-state index is 13.6. The smallest absolute Gasteiger partial charge is 0.254 e. The zero-order valence-electron chi connectivity index (χ0n) is 17.7. The summed E-state index contributed by atoms with van der Waals surface area (Å²) in [5, 5.41) is 9.91. The van der Waals surface area contributed by atoms with Crippen LogP contribution in [0.2, 0.25) is 0 Å². The largest absolute Gasteiger partial charge is 0.508 e. The van der Waals surface area contributed by atoms with Crippen LogP contribution in [-0.4, -0.2) is 38.5 Å². The molecule has 1 aliphatic carbocycles. The number of hydrogen-bond acceptors (Lipinski definition) is 3. The highest BCUT2D eigenvalue weighted by atomic mass is 16.3. The highest BCUT2D eigenvalue weighted by molar-refractivity contribution is 5.97. The Bertz CT molecular complexity index is 1190. The van der Waals surface area contributed by atoms with Crippen LogP contribution < -0.4 is 0 Å². The molecule has 154 valence electrons. The molecule has 1 aromatic heterocycles. The zero-order valence-corrected chi connectivity index (χ0v) is 17.7. The summed E-state index contributed by atoms with van der Waals surface area (Å²) in [6, 6.07) is 11.9. The van der Waals surface area contributed by atoms with Gasteiger partial charge in [-0.25, -0.2) is 4.98 Å². The molecule has 0 spiro atoms. The van der Waals surface area contributed by atoms with Crippen LogP contribution >= 0.6 is 0 Å². The number of hydrogen-bond donors (Lipinski definition) is 2. The number of fused-ring (bicyclic) bond motifs is 5. The summed E-state index contributed by atoms with van der Waals surface area (Å²) in [7, 11) is 0. The van der Waals surface area contributed by atoms with Gasteiger partial charge < -0.3 is 15.0 Å². The molecule has 1 aliphatic heterocycles. The Morgan fingerprint density at radius 3 is 2.73 bits per heavy atom. The summed E-state index contributed by atoms with van der Waals surface area (Å²) in [4.78, 5) is 23.0. The molecule has 2 aromatic carbocycles. The summed E-state index contributed by atoms with van der Waals surface area (Å²) in [5.41, 5.74) is 5.57. The fourth-order valence-corrected chi connectivity index (χ4v) is 5.56. The number of H-pyrrole nitrogens is 1. The van der Waals surface area contributed by atoms with Crippen molar-refractivity contribution in [1.82, 2.24) is 14.9 Å². The van der Waals surface area contributed by atoms with Gasteiger partial charge in [0.05, 0.1) is 17.4 Å². The first-order valence-corrected chi connectivity index (χ1v) is 10.5. The van der Waals surface area contributed by atoms with Gasteiger partial charge in [-0.3, -0.25) is 4.79 Å². The molecule has 0 saturated carbocycles. The van der Waals surface area contributed by atoms with Gasteiger partial charge in [-0.1, -0.05) is 39.5 Å². The average Bonchev–Trinajstić information content (AvgIpc) is 3.18. The van der Waals surface area contributed by atoms with Crippen LogP contribution in [0.3, 0.4) is 0 Å². The van der Waals surface area contributed by atoms with Crippen LogP contribution in [0.25, 0.3) is 16.8 Å². The number of aromatic nitrogens is 2. The number of aliphatic hydroxyl groups is 1. The lowest BCUT2D eigenvalue weighted by atomic mass is 9.51. The Morgan fingerprint density at radius 2 is 1.97 bits per heavy atom. The van der Waals surface area contributed by atoms with Crippen molar-refractivity contribution in [3.8, 4) is 0 Å². The Morgan fingerprint density at radius 1 is 1.20 bits per heavy atom. The first kappa shape index (κ1) is 18.9. The third-order valence-electron chi connectivity index (χ3n) is 7.86. The number of nitrogens with one attached hydrogen (secondary N) is 1. The molecule has 2 bridgehead atoms. The Hall–Kier alpha value is -3.08. The van der Waals surface area contributed by atoms with Crippen molar-refractivity contribution in [1.29, 1.82) is 0 Å². The molecule has 1 amide bonds. The Balaban J connectivity index is 1.56. The molecule has 0 radical (unpaired) electrons. The van der Waals surface area contributed by atoms with E-state index in [9.17, 15) is 9.90 Å². The van der Waals surface area contributed by atoms with Gasteiger partial charge in [0, 0.05) is 29.1 Å². The lowest BCUT2D eigenvalue weighted by Gasteiger charge is -2.61. The van der Waals surface area contributed by atoms with E-state index >= 15 is 0 Å². The predicted molar refractivity (Wildman–Crippen MR) is 118 cm³/mol. The van der Waals surface area contributed by atoms with Crippen molar-refractivity contribution in [3.63, 3.8) is 0 Å². The van der Waals surface area contributed by atoms with Gasteiger partial charge in [0.2, 0.25) is 0 Å². The lowest BCUT2D eigenvalue weighted by molar-refractivity contribution is -0.0262. The molecule has 2 atom stereocenters. The fourth-order valence-electron chi connectivity index (χ4n) is 5.56. The summed E-state index contributed by atoms with van der Waals surface area (Å²) in [6.45, 7) is 11.3. The number of aromatic amines is 1. The fraction of sp³-hybridized carbons (Fsp3) is 0.360. The lowest BCUT2D eigenvalue weighted by Crippen LogP contribution is -2.64. The molecule has 5 heteroatoms. The van der Waals surface area contributed by atoms with E-state index in [0.717, 1.165) is 29.4 Å². The minimum atomic E-state index is -0.110. The van der Waals surface area contributed by atoms with Crippen LogP contribution in [-0.2, 0) is 11.8 Å². The first-order chi connectivity index (χ1) is 14.2. The number of piperidine rings is 1. The highest BCUT2D eigenvalue weighted by Crippen LogP contribution is 2.56. The number of nitrogens with zero attached hydrogens (tertiary/aromatic N) is 2. The van der Waals surface area contributed by atoms with Gasteiger partial charge in [-0.2, -0.15) is 0 Å². The molecule has 30 heavy (non-hydrogen) atoms.